The van der Waals surface area contributed by atoms with Gasteiger partial charge in [-0.1, -0.05) is 69.8 Å². The third-order valence-electron chi connectivity index (χ3n) is 7.13. The van der Waals surface area contributed by atoms with Gasteiger partial charge in [0.25, 0.3) is 0 Å². The molecule has 0 aromatic rings. The molecule has 0 radical (unpaired) electrons. The Morgan fingerprint density at radius 3 is 1.82 bits per heavy atom. The first-order chi connectivity index (χ1) is 18.5. The van der Waals surface area contributed by atoms with Crippen LogP contribution in [0.25, 0.3) is 0 Å². The van der Waals surface area contributed by atoms with Gasteiger partial charge in [-0.05, 0) is 58.3 Å². The summed E-state index contributed by atoms with van der Waals surface area (Å²) in [6.45, 7) is 4.22. The summed E-state index contributed by atoms with van der Waals surface area (Å²) in [5.74, 6) is -0.890. The summed E-state index contributed by atoms with van der Waals surface area (Å²) in [5, 5.41) is 28.1. The number of quaternary nitrogens is 1. The third kappa shape index (κ3) is 22.8. The van der Waals surface area contributed by atoms with Crippen LogP contribution in [0.3, 0.4) is 0 Å². The molecule has 8 nitrogen and oxygen atoms in total. The van der Waals surface area contributed by atoms with Gasteiger partial charge in [0.1, 0.15) is 11.9 Å². The molecule has 3 N–H and O–H groups in total. The van der Waals surface area contributed by atoms with Gasteiger partial charge in [0.2, 0.25) is 0 Å². The van der Waals surface area contributed by atoms with Crippen LogP contribution in [0.5, 0.6) is 0 Å². The molecule has 39 heavy (non-hydrogen) atoms. The standard InChI is InChI=1S/C30H60NO7P/c1-5-6-7-8-9-10-11-12-13-14-15-16-17-18-19-20-21-22-25-37-26-29(32)27-38-39(35,36)28(2)31(3,4)24-23-30(33)34/h7-8,13-14,28-30,32-34H,5-6,9-12,15-27H2,1-4H3/b8-7-,14-13-/t28?,29-/m1/s1. The first-order valence-corrected chi connectivity index (χ1v) is 16.8. The number of aliphatic hydroxyl groups is 3. The number of unbranched alkanes of at least 4 members (excludes halogenated alkanes) is 11. The molecule has 0 aliphatic rings. The van der Waals surface area contributed by atoms with Gasteiger partial charge in [0, 0.05) is 13.0 Å². The number of nitrogens with zero attached hydrogens (tertiary/aromatic N) is 1. The summed E-state index contributed by atoms with van der Waals surface area (Å²) in [6.07, 6.45) is 23.7. The minimum Gasteiger partial charge on any atom is -0.774 e. The quantitative estimate of drug-likeness (QED) is 0.0379. The summed E-state index contributed by atoms with van der Waals surface area (Å²) in [5.41, 5.74) is 0. The Kier molecular flexibility index (Phi) is 23.7. The smallest absolute Gasteiger partial charge is 0.192 e. The van der Waals surface area contributed by atoms with E-state index in [1.165, 1.54) is 84.0 Å². The van der Waals surface area contributed by atoms with Crippen molar-refractivity contribution < 1.29 is 38.5 Å². The second-order valence-corrected chi connectivity index (χ2v) is 13.3. The second-order valence-electron chi connectivity index (χ2n) is 11.2. The van der Waals surface area contributed by atoms with Crippen molar-refractivity contribution in [1.29, 1.82) is 0 Å². The highest BCUT2D eigenvalue weighted by Gasteiger charge is 2.34. The van der Waals surface area contributed by atoms with Crippen molar-refractivity contribution in [3.63, 3.8) is 0 Å². The van der Waals surface area contributed by atoms with E-state index in [1.54, 1.807) is 14.1 Å². The van der Waals surface area contributed by atoms with E-state index >= 15 is 0 Å². The van der Waals surface area contributed by atoms with Gasteiger partial charge < -0.3 is 38.5 Å². The van der Waals surface area contributed by atoms with Gasteiger partial charge in [0.15, 0.2) is 13.9 Å². The molecule has 232 valence electrons. The Labute approximate surface area is 239 Å². The summed E-state index contributed by atoms with van der Waals surface area (Å²) >= 11 is 0. The largest absolute Gasteiger partial charge is 0.774 e. The van der Waals surface area contributed by atoms with Crippen molar-refractivity contribution in [3.8, 4) is 0 Å². The molecule has 0 aromatic carbocycles. The molecule has 0 rings (SSSR count). The Balaban J connectivity index is 3.66. The Hall–Kier alpha value is -0.570. The summed E-state index contributed by atoms with van der Waals surface area (Å²) in [4.78, 5) is 12.5. The fraction of sp³-hybridized carbons (Fsp3) is 0.867. The Morgan fingerprint density at radius 2 is 1.28 bits per heavy atom. The van der Waals surface area contributed by atoms with Gasteiger partial charge in [0.05, 0.1) is 33.9 Å². The van der Waals surface area contributed by atoms with Crippen LogP contribution in [-0.2, 0) is 13.8 Å². The monoisotopic (exact) mass is 577 g/mol. The molecule has 9 heteroatoms. The molecule has 0 bridgehead atoms. The molecule has 0 saturated heterocycles. The molecule has 3 atom stereocenters. The van der Waals surface area contributed by atoms with E-state index in [2.05, 4.69) is 31.2 Å². The highest BCUT2D eigenvalue weighted by molar-refractivity contribution is 7.51. The maximum Gasteiger partial charge on any atom is 0.192 e. The van der Waals surface area contributed by atoms with Crippen molar-refractivity contribution >= 4 is 7.60 Å². The third-order valence-corrected chi connectivity index (χ3v) is 9.18. The molecule has 0 aliphatic heterocycles. The van der Waals surface area contributed by atoms with E-state index < -0.39 is 25.8 Å². The minimum atomic E-state index is -4.26. The number of aliphatic hydroxyl groups excluding tert-OH is 2. The molecule has 0 spiro atoms. The van der Waals surface area contributed by atoms with Crippen molar-refractivity contribution in [2.75, 3.05) is 40.5 Å². The predicted molar refractivity (Wildman–Crippen MR) is 158 cm³/mol. The van der Waals surface area contributed by atoms with Crippen molar-refractivity contribution in [1.82, 2.24) is 0 Å². The summed E-state index contributed by atoms with van der Waals surface area (Å²) in [7, 11) is -0.881. The molecular weight excluding hydrogens is 517 g/mol. The van der Waals surface area contributed by atoms with Crippen LogP contribution in [0.2, 0.25) is 0 Å². The zero-order valence-corrected chi connectivity index (χ0v) is 26.2. The maximum atomic E-state index is 12.5. The first kappa shape index (κ1) is 38.4. The molecule has 2 unspecified atom stereocenters. The molecular formula is C30H60NO7P. The molecule has 0 saturated carbocycles. The molecule has 0 heterocycles. The Bertz CT molecular complexity index is 670. The zero-order chi connectivity index (χ0) is 29.4. The van der Waals surface area contributed by atoms with Crippen molar-refractivity contribution in [3.05, 3.63) is 24.3 Å². The fourth-order valence-corrected chi connectivity index (χ4v) is 5.57. The number of hydrogen-bond acceptors (Lipinski definition) is 7. The number of rotatable bonds is 27. The van der Waals surface area contributed by atoms with Crippen LogP contribution in [-0.4, -0.2) is 78.4 Å². The molecule has 0 fully saturated rings. The normalized spacial score (nSPS) is 15.9. The predicted octanol–water partition coefficient (Wildman–Crippen LogP) is 5.65. The van der Waals surface area contributed by atoms with Gasteiger partial charge in [-0.3, -0.25) is 0 Å². The lowest BCUT2D eigenvalue weighted by molar-refractivity contribution is -0.902. The van der Waals surface area contributed by atoms with E-state index in [0.29, 0.717) is 6.61 Å². The lowest BCUT2D eigenvalue weighted by atomic mass is 10.1. The van der Waals surface area contributed by atoms with Crippen LogP contribution in [0, 0.1) is 0 Å². The van der Waals surface area contributed by atoms with E-state index in [4.69, 9.17) is 19.5 Å². The van der Waals surface area contributed by atoms with Crippen LogP contribution in [0.4, 0.5) is 0 Å². The lowest BCUT2D eigenvalue weighted by Crippen LogP contribution is -2.50. The second kappa shape index (κ2) is 24.1. The van der Waals surface area contributed by atoms with Gasteiger partial charge >= 0.3 is 0 Å². The van der Waals surface area contributed by atoms with Crippen LogP contribution in [0.15, 0.2) is 24.3 Å². The molecule has 0 aromatic heterocycles. The lowest BCUT2D eigenvalue weighted by Gasteiger charge is -2.42. The van der Waals surface area contributed by atoms with Gasteiger partial charge in [-0.2, -0.15) is 0 Å². The topological polar surface area (TPSA) is 119 Å². The van der Waals surface area contributed by atoms with Gasteiger partial charge in [-0.15, -0.1) is 0 Å². The molecule has 0 amide bonds. The maximum absolute atomic E-state index is 12.5. The minimum absolute atomic E-state index is 0.0275. The Morgan fingerprint density at radius 1 is 0.795 bits per heavy atom. The number of ether oxygens (including phenoxy) is 1. The summed E-state index contributed by atoms with van der Waals surface area (Å²) < 4.78 is 23.1. The van der Waals surface area contributed by atoms with Crippen molar-refractivity contribution in [2.45, 2.75) is 128 Å². The molecule has 0 aliphatic carbocycles. The van der Waals surface area contributed by atoms with Crippen molar-refractivity contribution in [2.24, 2.45) is 0 Å². The van der Waals surface area contributed by atoms with Crippen LogP contribution in [0.1, 0.15) is 110 Å². The van der Waals surface area contributed by atoms with Crippen LogP contribution < -0.4 is 4.89 Å². The first-order valence-electron chi connectivity index (χ1n) is 15.2. The van der Waals surface area contributed by atoms with E-state index in [1.807, 2.05) is 0 Å². The fourth-order valence-electron chi connectivity index (χ4n) is 4.10. The highest BCUT2D eigenvalue weighted by Crippen LogP contribution is 2.46. The number of allylic oxidation sites excluding steroid dienone is 4. The SMILES string of the molecule is CCC/C=C\CCCC/C=C\CCCCCCCCCOC[C@@H](O)COP(=O)([O-])C(C)[N+](C)(C)CCC(O)O. The van der Waals surface area contributed by atoms with E-state index in [-0.39, 0.29) is 30.7 Å². The number of hydrogen-bond donors (Lipinski definition) is 3. The summed E-state index contributed by atoms with van der Waals surface area (Å²) in [6, 6.07) is 0. The van der Waals surface area contributed by atoms with E-state index in [9.17, 15) is 14.6 Å². The van der Waals surface area contributed by atoms with E-state index in [0.717, 1.165) is 12.8 Å². The van der Waals surface area contributed by atoms with Crippen LogP contribution >= 0.6 is 7.60 Å². The highest BCUT2D eigenvalue weighted by atomic mass is 31.2. The average Bonchev–Trinajstić information content (AvgIpc) is 2.89. The zero-order valence-electron chi connectivity index (χ0n) is 25.3. The average molecular weight is 578 g/mol. The van der Waals surface area contributed by atoms with Gasteiger partial charge in [-0.25, -0.2) is 0 Å².